The summed E-state index contributed by atoms with van der Waals surface area (Å²) in [7, 11) is 0. The van der Waals surface area contributed by atoms with Crippen LogP contribution in [0.5, 0.6) is 0 Å². The highest BCUT2D eigenvalue weighted by Gasteiger charge is 2.05. The summed E-state index contributed by atoms with van der Waals surface area (Å²) in [5.74, 6) is -0.0552. The lowest BCUT2D eigenvalue weighted by Crippen LogP contribution is -2.27. The van der Waals surface area contributed by atoms with Crippen LogP contribution in [0.25, 0.3) is 0 Å². The van der Waals surface area contributed by atoms with Gasteiger partial charge in [-0.25, -0.2) is 0 Å². The number of nitro benzene ring substituents is 1. The van der Waals surface area contributed by atoms with Crippen molar-refractivity contribution in [3.8, 4) is 0 Å². The van der Waals surface area contributed by atoms with E-state index in [2.05, 4.69) is 15.6 Å². The van der Waals surface area contributed by atoms with E-state index in [9.17, 15) is 14.9 Å². The number of rotatable bonds is 8. The third-order valence-corrected chi connectivity index (χ3v) is 3.19. The molecule has 0 atom stereocenters. The van der Waals surface area contributed by atoms with Crippen LogP contribution in [0.15, 0.2) is 48.8 Å². The number of hydrogen-bond acceptors (Lipinski definition) is 5. The molecular weight excluding hydrogens is 296 g/mol. The van der Waals surface area contributed by atoms with Gasteiger partial charge in [-0.2, -0.15) is 0 Å². The predicted molar refractivity (Wildman–Crippen MR) is 85.5 cm³/mol. The van der Waals surface area contributed by atoms with Gasteiger partial charge in [0.15, 0.2) is 0 Å². The fraction of sp³-hybridized carbons (Fsp3) is 0.250. The van der Waals surface area contributed by atoms with Crippen LogP contribution >= 0.6 is 0 Å². The number of carbonyl (C=O) groups is 1. The van der Waals surface area contributed by atoms with Crippen LogP contribution in [0.3, 0.4) is 0 Å². The van der Waals surface area contributed by atoms with Crippen molar-refractivity contribution in [2.75, 3.05) is 6.54 Å². The SMILES string of the molecule is O=C(CCNCc1cccc([N+](=O)[O-])c1)NCc1cccnc1. The summed E-state index contributed by atoms with van der Waals surface area (Å²) in [6.07, 6.45) is 3.74. The van der Waals surface area contributed by atoms with Gasteiger partial charge >= 0.3 is 0 Å². The maximum Gasteiger partial charge on any atom is 0.269 e. The molecule has 0 spiro atoms. The first kappa shape index (κ1) is 16.6. The third-order valence-electron chi connectivity index (χ3n) is 3.19. The van der Waals surface area contributed by atoms with E-state index in [1.165, 1.54) is 12.1 Å². The predicted octanol–water partition coefficient (Wildman–Crippen LogP) is 1.79. The molecule has 1 amide bonds. The Balaban J connectivity index is 1.66. The van der Waals surface area contributed by atoms with E-state index in [0.717, 1.165) is 11.1 Å². The maximum absolute atomic E-state index is 11.7. The minimum absolute atomic E-state index is 0.0552. The van der Waals surface area contributed by atoms with Crippen molar-refractivity contribution in [1.82, 2.24) is 15.6 Å². The van der Waals surface area contributed by atoms with Crippen LogP contribution in [0, 0.1) is 10.1 Å². The largest absolute Gasteiger partial charge is 0.352 e. The standard InChI is InChI=1S/C16H18N4O3/c21-16(19-12-14-4-2-7-17-11-14)6-8-18-10-13-3-1-5-15(9-13)20(22)23/h1-5,7,9,11,18H,6,8,10,12H2,(H,19,21). The number of hydrogen-bond donors (Lipinski definition) is 2. The van der Waals surface area contributed by atoms with Crippen LogP contribution in [0.4, 0.5) is 5.69 Å². The number of non-ortho nitro benzene ring substituents is 1. The van der Waals surface area contributed by atoms with Gasteiger partial charge in [-0.3, -0.25) is 19.9 Å². The minimum atomic E-state index is -0.421. The molecule has 0 saturated heterocycles. The Bertz CT molecular complexity index is 661. The molecule has 0 saturated carbocycles. The molecule has 0 aliphatic heterocycles. The van der Waals surface area contributed by atoms with E-state index < -0.39 is 4.92 Å². The second kappa shape index (κ2) is 8.60. The summed E-state index contributed by atoms with van der Waals surface area (Å²) in [6, 6.07) is 10.2. The summed E-state index contributed by atoms with van der Waals surface area (Å²) >= 11 is 0. The van der Waals surface area contributed by atoms with Crippen molar-refractivity contribution in [3.05, 3.63) is 70.0 Å². The Kier molecular flexibility index (Phi) is 6.19. The van der Waals surface area contributed by atoms with Crippen LogP contribution < -0.4 is 10.6 Å². The number of pyridine rings is 1. The number of nitrogens with zero attached hydrogens (tertiary/aromatic N) is 2. The van der Waals surface area contributed by atoms with Crippen molar-refractivity contribution in [3.63, 3.8) is 0 Å². The summed E-state index contributed by atoms with van der Waals surface area (Å²) in [6.45, 7) is 1.44. The van der Waals surface area contributed by atoms with Gasteiger partial charge in [0.1, 0.15) is 0 Å². The van der Waals surface area contributed by atoms with Crippen molar-refractivity contribution >= 4 is 11.6 Å². The van der Waals surface area contributed by atoms with E-state index in [-0.39, 0.29) is 11.6 Å². The molecule has 0 radical (unpaired) electrons. The Morgan fingerprint density at radius 2 is 2.00 bits per heavy atom. The number of nitrogens with one attached hydrogen (secondary N) is 2. The summed E-state index contributed by atoms with van der Waals surface area (Å²) in [5, 5.41) is 16.6. The van der Waals surface area contributed by atoms with E-state index in [1.54, 1.807) is 18.5 Å². The molecule has 1 heterocycles. The van der Waals surface area contributed by atoms with Crippen LogP contribution in [-0.2, 0) is 17.9 Å². The first-order valence-corrected chi connectivity index (χ1v) is 7.25. The van der Waals surface area contributed by atoms with Gasteiger partial charge < -0.3 is 10.6 Å². The second-order valence-corrected chi connectivity index (χ2v) is 4.99. The Morgan fingerprint density at radius 1 is 1.17 bits per heavy atom. The highest BCUT2D eigenvalue weighted by atomic mass is 16.6. The first-order chi connectivity index (χ1) is 11.1. The molecule has 2 rings (SSSR count). The molecular formula is C16H18N4O3. The topological polar surface area (TPSA) is 97.2 Å². The molecule has 0 aliphatic carbocycles. The monoisotopic (exact) mass is 314 g/mol. The Morgan fingerprint density at radius 3 is 2.74 bits per heavy atom. The zero-order valence-electron chi connectivity index (χ0n) is 12.6. The lowest BCUT2D eigenvalue weighted by Gasteiger charge is -2.06. The molecule has 0 aliphatic rings. The number of nitro groups is 1. The average molecular weight is 314 g/mol. The fourth-order valence-electron chi connectivity index (χ4n) is 2.01. The highest BCUT2D eigenvalue weighted by molar-refractivity contribution is 5.76. The molecule has 0 unspecified atom stereocenters. The quantitative estimate of drug-likeness (QED) is 0.440. The zero-order chi connectivity index (χ0) is 16.5. The molecule has 0 fully saturated rings. The lowest BCUT2D eigenvalue weighted by molar-refractivity contribution is -0.384. The number of carbonyl (C=O) groups excluding carboxylic acids is 1. The first-order valence-electron chi connectivity index (χ1n) is 7.25. The zero-order valence-corrected chi connectivity index (χ0v) is 12.6. The Labute approximate surface area is 133 Å². The summed E-state index contributed by atoms with van der Waals surface area (Å²) in [5.41, 5.74) is 1.83. The highest BCUT2D eigenvalue weighted by Crippen LogP contribution is 2.12. The van der Waals surface area contributed by atoms with E-state index in [0.29, 0.717) is 26.1 Å². The van der Waals surface area contributed by atoms with Gasteiger partial charge in [0.2, 0.25) is 5.91 Å². The van der Waals surface area contributed by atoms with E-state index in [1.807, 2.05) is 18.2 Å². The molecule has 2 N–H and O–H groups in total. The molecule has 1 aromatic carbocycles. The van der Waals surface area contributed by atoms with Gasteiger partial charge in [0, 0.05) is 50.6 Å². The van der Waals surface area contributed by atoms with Crippen LogP contribution in [0.1, 0.15) is 17.5 Å². The Hall–Kier alpha value is -2.80. The molecule has 23 heavy (non-hydrogen) atoms. The van der Waals surface area contributed by atoms with Gasteiger partial charge in [-0.1, -0.05) is 18.2 Å². The van der Waals surface area contributed by atoms with Crippen molar-refractivity contribution < 1.29 is 9.72 Å². The molecule has 7 nitrogen and oxygen atoms in total. The normalized spacial score (nSPS) is 10.3. The second-order valence-electron chi connectivity index (χ2n) is 4.99. The molecule has 7 heteroatoms. The average Bonchev–Trinajstić information content (AvgIpc) is 2.58. The maximum atomic E-state index is 11.7. The third kappa shape index (κ3) is 5.84. The van der Waals surface area contributed by atoms with E-state index >= 15 is 0 Å². The van der Waals surface area contributed by atoms with Gasteiger partial charge in [-0.05, 0) is 17.2 Å². The van der Waals surface area contributed by atoms with E-state index in [4.69, 9.17) is 0 Å². The van der Waals surface area contributed by atoms with Gasteiger partial charge in [0.05, 0.1) is 4.92 Å². The summed E-state index contributed by atoms with van der Waals surface area (Å²) in [4.78, 5) is 26.0. The molecule has 120 valence electrons. The summed E-state index contributed by atoms with van der Waals surface area (Å²) < 4.78 is 0. The van der Waals surface area contributed by atoms with Crippen LogP contribution in [-0.4, -0.2) is 22.4 Å². The van der Waals surface area contributed by atoms with Crippen LogP contribution in [0.2, 0.25) is 0 Å². The smallest absolute Gasteiger partial charge is 0.269 e. The fourth-order valence-corrected chi connectivity index (χ4v) is 2.01. The number of benzene rings is 1. The van der Waals surface area contributed by atoms with Gasteiger partial charge in [0.25, 0.3) is 5.69 Å². The minimum Gasteiger partial charge on any atom is -0.352 e. The van der Waals surface area contributed by atoms with Crippen molar-refractivity contribution in [1.29, 1.82) is 0 Å². The van der Waals surface area contributed by atoms with Crippen molar-refractivity contribution in [2.45, 2.75) is 19.5 Å². The number of aromatic nitrogens is 1. The number of amides is 1. The lowest BCUT2D eigenvalue weighted by atomic mass is 10.2. The molecule has 0 bridgehead atoms. The van der Waals surface area contributed by atoms with Crippen molar-refractivity contribution in [2.24, 2.45) is 0 Å². The molecule has 2 aromatic rings. The molecule has 1 aromatic heterocycles. The van der Waals surface area contributed by atoms with Gasteiger partial charge in [-0.15, -0.1) is 0 Å².